The highest BCUT2D eigenvalue weighted by atomic mass is 16.3. The summed E-state index contributed by atoms with van der Waals surface area (Å²) < 4.78 is 5.28. The van der Waals surface area contributed by atoms with Gasteiger partial charge in [-0.25, -0.2) is 0 Å². The molecule has 2 rings (SSSR count). The van der Waals surface area contributed by atoms with E-state index < -0.39 is 0 Å². The first-order valence-corrected chi connectivity index (χ1v) is 5.23. The van der Waals surface area contributed by atoms with Gasteiger partial charge in [-0.15, -0.1) is 0 Å². The number of phenolic OH excluding ortho intramolecular Hbond substituents is 1. The first-order valence-electron chi connectivity index (χ1n) is 5.23. The van der Waals surface area contributed by atoms with Gasteiger partial charge >= 0.3 is 0 Å². The molecule has 1 aromatic carbocycles. The maximum Gasteiger partial charge on any atom is 0.117 e. The normalized spacial score (nSPS) is 10.9. The van der Waals surface area contributed by atoms with Crippen molar-refractivity contribution in [2.45, 2.75) is 13.1 Å². The Bertz CT molecular complexity index is 420. The lowest BCUT2D eigenvalue weighted by atomic mass is 10.2. The number of phenols is 1. The quantitative estimate of drug-likeness (QED) is 0.855. The third-order valence-electron chi connectivity index (χ3n) is 2.39. The molecule has 3 heteroatoms. The van der Waals surface area contributed by atoms with Crippen molar-refractivity contribution in [2.24, 2.45) is 0 Å². The highest BCUT2D eigenvalue weighted by Gasteiger charge is 2.03. The smallest absolute Gasteiger partial charge is 0.117 e. The molecule has 0 aliphatic carbocycles. The molecule has 0 radical (unpaired) electrons. The standard InChI is InChI=1S/C13H15NO2/c1-14(10-13-3-2-8-16-13)9-11-4-6-12(15)7-5-11/h2-8,15H,9-10H2,1H3. The van der Waals surface area contributed by atoms with Crippen molar-refractivity contribution in [2.75, 3.05) is 7.05 Å². The highest BCUT2D eigenvalue weighted by Crippen LogP contribution is 2.12. The fraction of sp³-hybridized carbons (Fsp3) is 0.231. The van der Waals surface area contributed by atoms with Crippen molar-refractivity contribution in [3.05, 3.63) is 54.0 Å². The number of hydrogen-bond donors (Lipinski definition) is 1. The van der Waals surface area contributed by atoms with Gasteiger partial charge in [-0.2, -0.15) is 0 Å². The van der Waals surface area contributed by atoms with E-state index in [4.69, 9.17) is 9.52 Å². The summed E-state index contributed by atoms with van der Waals surface area (Å²) in [6, 6.07) is 11.1. The van der Waals surface area contributed by atoms with E-state index in [0.29, 0.717) is 5.75 Å². The summed E-state index contributed by atoms with van der Waals surface area (Å²) in [5.74, 6) is 1.26. The lowest BCUT2D eigenvalue weighted by Gasteiger charge is -2.14. The summed E-state index contributed by atoms with van der Waals surface area (Å²) >= 11 is 0. The zero-order valence-electron chi connectivity index (χ0n) is 9.26. The molecule has 2 aromatic rings. The molecule has 0 aliphatic rings. The summed E-state index contributed by atoms with van der Waals surface area (Å²) in [5, 5.41) is 9.17. The zero-order valence-corrected chi connectivity index (χ0v) is 9.26. The zero-order chi connectivity index (χ0) is 11.4. The van der Waals surface area contributed by atoms with Crippen LogP contribution in [-0.2, 0) is 13.1 Å². The number of benzene rings is 1. The number of aromatic hydroxyl groups is 1. The maximum atomic E-state index is 9.17. The van der Waals surface area contributed by atoms with E-state index in [9.17, 15) is 0 Å². The van der Waals surface area contributed by atoms with Crippen molar-refractivity contribution >= 4 is 0 Å². The summed E-state index contributed by atoms with van der Waals surface area (Å²) in [5.41, 5.74) is 1.17. The van der Waals surface area contributed by atoms with Crippen molar-refractivity contribution < 1.29 is 9.52 Å². The van der Waals surface area contributed by atoms with Crippen LogP contribution in [0.3, 0.4) is 0 Å². The van der Waals surface area contributed by atoms with Crippen LogP contribution in [0.1, 0.15) is 11.3 Å². The minimum absolute atomic E-state index is 0.303. The molecule has 0 amide bonds. The lowest BCUT2D eigenvalue weighted by molar-refractivity contribution is 0.287. The van der Waals surface area contributed by atoms with Gasteiger partial charge in [0.15, 0.2) is 0 Å². The SMILES string of the molecule is CN(Cc1ccc(O)cc1)Cc1ccco1. The number of hydrogen-bond acceptors (Lipinski definition) is 3. The summed E-state index contributed by atoms with van der Waals surface area (Å²) in [6.07, 6.45) is 1.68. The summed E-state index contributed by atoms with van der Waals surface area (Å²) in [6.45, 7) is 1.62. The molecule has 0 saturated heterocycles. The molecule has 0 spiro atoms. The monoisotopic (exact) mass is 217 g/mol. The van der Waals surface area contributed by atoms with Crippen molar-refractivity contribution in [1.29, 1.82) is 0 Å². The van der Waals surface area contributed by atoms with Gasteiger partial charge in [0.2, 0.25) is 0 Å². The molecule has 3 nitrogen and oxygen atoms in total. The second-order valence-corrected chi connectivity index (χ2v) is 3.92. The molecular weight excluding hydrogens is 202 g/mol. The number of nitrogens with zero attached hydrogens (tertiary/aromatic N) is 1. The summed E-state index contributed by atoms with van der Waals surface area (Å²) in [4.78, 5) is 2.16. The van der Waals surface area contributed by atoms with Gasteiger partial charge in [0, 0.05) is 6.54 Å². The molecule has 0 bridgehead atoms. The molecule has 16 heavy (non-hydrogen) atoms. The second kappa shape index (κ2) is 4.86. The van der Waals surface area contributed by atoms with E-state index in [0.717, 1.165) is 18.8 Å². The predicted octanol–water partition coefficient (Wildman–Crippen LogP) is 2.62. The van der Waals surface area contributed by atoms with Gasteiger partial charge in [-0.1, -0.05) is 12.1 Å². The Hall–Kier alpha value is -1.74. The van der Waals surface area contributed by atoms with Crippen molar-refractivity contribution in [3.8, 4) is 5.75 Å². The van der Waals surface area contributed by atoms with Crippen LogP contribution in [0.15, 0.2) is 47.1 Å². The molecule has 1 heterocycles. The molecule has 0 saturated carbocycles. The molecule has 0 atom stereocenters. The van der Waals surface area contributed by atoms with Crippen LogP contribution in [0.25, 0.3) is 0 Å². The largest absolute Gasteiger partial charge is 0.508 e. The Labute approximate surface area is 94.9 Å². The minimum Gasteiger partial charge on any atom is -0.508 e. The van der Waals surface area contributed by atoms with E-state index in [1.807, 2.05) is 31.3 Å². The first-order chi connectivity index (χ1) is 7.74. The number of rotatable bonds is 4. The average molecular weight is 217 g/mol. The maximum absolute atomic E-state index is 9.17. The third-order valence-corrected chi connectivity index (χ3v) is 2.39. The first kappa shape index (κ1) is 10.8. The van der Waals surface area contributed by atoms with E-state index in [2.05, 4.69) is 4.90 Å². The molecule has 0 fully saturated rings. The molecule has 1 aromatic heterocycles. The number of furan rings is 1. The Kier molecular flexibility index (Phi) is 3.27. The van der Waals surface area contributed by atoms with Crippen molar-refractivity contribution in [3.63, 3.8) is 0 Å². The van der Waals surface area contributed by atoms with Crippen LogP contribution in [0.2, 0.25) is 0 Å². The van der Waals surface area contributed by atoms with Crippen LogP contribution in [-0.4, -0.2) is 17.1 Å². The second-order valence-electron chi connectivity index (χ2n) is 3.92. The van der Waals surface area contributed by atoms with E-state index in [-0.39, 0.29) is 0 Å². The Morgan fingerprint density at radius 1 is 1.12 bits per heavy atom. The van der Waals surface area contributed by atoms with Gasteiger partial charge in [0.1, 0.15) is 11.5 Å². The van der Waals surface area contributed by atoms with Crippen LogP contribution < -0.4 is 0 Å². The lowest BCUT2D eigenvalue weighted by Crippen LogP contribution is -2.16. The van der Waals surface area contributed by atoms with Crippen LogP contribution in [0, 0.1) is 0 Å². The topological polar surface area (TPSA) is 36.6 Å². The average Bonchev–Trinajstić information content (AvgIpc) is 2.74. The molecule has 0 aliphatic heterocycles. The van der Waals surface area contributed by atoms with E-state index in [1.165, 1.54) is 5.56 Å². The molecule has 84 valence electrons. The van der Waals surface area contributed by atoms with Crippen LogP contribution in [0.4, 0.5) is 0 Å². The van der Waals surface area contributed by atoms with Crippen molar-refractivity contribution in [1.82, 2.24) is 4.90 Å². The van der Waals surface area contributed by atoms with Crippen LogP contribution in [0.5, 0.6) is 5.75 Å². The van der Waals surface area contributed by atoms with Gasteiger partial charge < -0.3 is 9.52 Å². The third kappa shape index (κ3) is 2.87. The Balaban J connectivity index is 1.92. The van der Waals surface area contributed by atoms with E-state index >= 15 is 0 Å². The summed E-state index contributed by atoms with van der Waals surface area (Å²) in [7, 11) is 2.04. The fourth-order valence-electron chi connectivity index (χ4n) is 1.64. The molecular formula is C13H15NO2. The molecule has 1 N–H and O–H groups in total. The Morgan fingerprint density at radius 3 is 2.50 bits per heavy atom. The highest BCUT2D eigenvalue weighted by molar-refractivity contribution is 5.25. The van der Waals surface area contributed by atoms with Gasteiger partial charge in [-0.05, 0) is 36.9 Å². The van der Waals surface area contributed by atoms with Gasteiger partial charge in [0.05, 0.1) is 12.8 Å². The molecule has 0 unspecified atom stereocenters. The van der Waals surface area contributed by atoms with E-state index in [1.54, 1.807) is 18.4 Å². The van der Waals surface area contributed by atoms with Gasteiger partial charge in [0.25, 0.3) is 0 Å². The van der Waals surface area contributed by atoms with Crippen LogP contribution >= 0.6 is 0 Å². The van der Waals surface area contributed by atoms with Gasteiger partial charge in [-0.3, -0.25) is 4.90 Å². The Morgan fingerprint density at radius 2 is 1.88 bits per heavy atom. The predicted molar refractivity (Wildman–Crippen MR) is 62.0 cm³/mol. The fourth-order valence-corrected chi connectivity index (χ4v) is 1.64. The minimum atomic E-state index is 0.303.